The Bertz CT molecular complexity index is 405. The Morgan fingerprint density at radius 2 is 1.95 bits per heavy atom. The molecular formula is C17H25NO. The molecule has 1 aliphatic heterocycles. The first-order chi connectivity index (χ1) is 9.28. The molecule has 3 rings (SSSR count). The van der Waals surface area contributed by atoms with E-state index in [0.717, 1.165) is 25.9 Å². The lowest BCUT2D eigenvalue weighted by Crippen LogP contribution is -2.47. The van der Waals surface area contributed by atoms with Crippen LogP contribution in [0.3, 0.4) is 0 Å². The fourth-order valence-corrected chi connectivity index (χ4v) is 3.98. The quantitative estimate of drug-likeness (QED) is 0.902. The molecule has 2 atom stereocenters. The van der Waals surface area contributed by atoms with E-state index >= 15 is 0 Å². The molecule has 1 spiro atoms. The van der Waals surface area contributed by atoms with Gasteiger partial charge in [0.05, 0.1) is 6.10 Å². The van der Waals surface area contributed by atoms with Crippen LogP contribution in [-0.2, 0) is 6.42 Å². The summed E-state index contributed by atoms with van der Waals surface area (Å²) in [6.45, 7) is 3.46. The van der Waals surface area contributed by atoms with Crippen LogP contribution in [0.5, 0.6) is 0 Å². The third-order valence-electron chi connectivity index (χ3n) is 5.11. The smallest absolute Gasteiger partial charge is 0.0608 e. The predicted octanol–water partition coefficient (Wildman–Crippen LogP) is 2.86. The van der Waals surface area contributed by atoms with Gasteiger partial charge in [0.2, 0.25) is 0 Å². The van der Waals surface area contributed by atoms with Crippen LogP contribution in [0.4, 0.5) is 0 Å². The van der Waals surface area contributed by atoms with E-state index in [2.05, 4.69) is 35.2 Å². The third-order valence-corrected chi connectivity index (χ3v) is 5.11. The lowest BCUT2D eigenvalue weighted by Gasteiger charge is -2.42. The average Bonchev–Trinajstić information content (AvgIpc) is 2.79. The van der Waals surface area contributed by atoms with Gasteiger partial charge in [-0.3, -0.25) is 0 Å². The molecule has 1 saturated heterocycles. The summed E-state index contributed by atoms with van der Waals surface area (Å²) in [5, 5.41) is 10.3. The van der Waals surface area contributed by atoms with Crippen molar-refractivity contribution in [3.63, 3.8) is 0 Å². The number of nitrogens with zero attached hydrogens (tertiary/aromatic N) is 1. The van der Waals surface area contributed by atoms with Crippen molar-refractivity contribution >= 4 is 0 Å². The highest BCUT2D eigenvalue weighted by Gasteiger charge is 2.44. The molecule has 0 unspecified atom stereocenters. The van der Waals surface area contributed by atoms with Crippen molar-refractivity contribution in [3.8, 4) is 0 Å². The Morgan fingerprint density at radius 1 is 1.16 bits per heavy atom. The second-order valence-corrected chi connectivity index (χ2v) is 6.39. The summed E-state index contributed by atoms with van der Waals surface area (Å²) in [6, 6.07) is 10.7. The van der Waals surface area contributed by atoms with Gasteiger partial charge in [-0.05, 0) is 44.2 Å². The Hall–Kier alpha value is -0.860. The molecule has 2 heteroatoms. The molecule has 0 bridgehead atoms. The van der Waals surface area contributed by atoms with Crippen LogP contribution < -0.4 is 0 Å². The SMILES string of the molecule is O[C@@H]1CCC[C@@]12CCCN(CCc1ccccc1)C2. The zero-order valence-electron chi connectivity index (χ0n) is 11.7. The van der Waals surface area contributed by atoms with Gasteiger partial charge in [-0.1, -0.05) is 36.8 Å². The van der Waals surface area contributed by atoms with Crippen LogP contribution in [0, 0.1) is 5.41 Å². The Labute approximate surface area is 116 Å². The fourth-order valence-electron chi connectivity index (χ4n) is 3.98. The molecule has 0 radical (unpaired) electrons. The van der Waals surface area contributed by atoms with Crippen LogP contribution in [0.25, 0.3) is 0 Å². The first-order valence-corrected chi connectivity index (χ1v) is 7.73. The summed E-state index contributed by atoms with van der Waals surface area (Å²) in [5.41, 5.74) is 1.66. The minimum absolute atomic E-state index is 0.0491. The van der Waals surface area contributed by atoms with E-state index in [1.54, 1.807) is 0 Å². The maximum Gasteiger partial charge on any atom is 0.0608 e. The van der Waals surface area contributed by atoms with Gasteiger partial charge in [0.15, 0.2) is 0 Å². The fraction of sp³-hybridized carbons (Fsp3) is 0.647. The second kappa shape index (κ2) is 5.64. The van der Waals surface area contributed by atoms with Crippen molar-refractivity contribution in [1.82, 2.24) is 4.90 Å². The summed E-state index contributed by atoms with van der Waals surface area (Å²) in [6.07, 6.45) is 7.04. The summed E-state index contributed by atoms with van der Waals surface area (Å²) < 4.78 is 0. The molecule has 1 saturated carbocycles. The van der Waals surface area contributed by atoms with Crippen LogP contribution in [0.15, 0.2) is 30.3 Å². The molecule has 1 N–H and O–H groups in total. The highest BCUT2D eigenvalue weighted by atomic mass is 16.3. The number of benzene rings is 1. The monoisotopic (exact) mass is 259 g/mol. The minimum atomic E-state index is -0.0491. The summed E-state index contributed by atoms with van der Waals surface area (Å²) in [5.74, 6) is 0. The molecule has 104 valence electrons. The molecule has 1 aliphatic carbocycles. The van der Waals surface area contributed by atoms with Gasteiger partial charge >= 0.3 is 0 Å². The van der Waals surface area contributed by atoms with E-state index in [9.17, 15) is 5.11 Å². The van der Waals surface area contributed by atoms with Gasteiger partial charge in [-0.15, -0.1) is 0 Å². The van der Waals surface area contributed by atoms with E-state index < -0.39 is 0 Å². The van der Waals surface area contributed by atoms with E-state index in [0.29, 0.717) is 0 Å². The standard InChI is InChI=1S/C17H25NO/c19-16-8-4-10-17(16)11-5-12-18(14-17)13-9-15-6-2-1-3-7-15/h1-3,6-7,16,19H,4-5,8-14H2/t16-,17+/m1/s1. The molecule has 2 aliphatic rings. The van der Waals surface area contributed by atoms with E-state index in [1.807, 2.05) is 0 Å². The number of hydrogen-bond donors (Lipinski definition) is 1. The van der Waals surface area contributed by atoms with Gasteiger partial charge in [0.1, 0.15) is 0 Å². The van der Waals surface area contributed by atoms with E-state index in [-0.39, 0.29) is 11.5 Å². The molecule has 19 heavy (non-hydrogen) atoms. The van der Waals surface area contributed by atoms with Crippen LogP contribution in [0.1, 0.15) is 37.7 Å². The van der Waals surface area contributed by atoms with Crippen molar-refractivity contribution in [2.75, 3.05) is 19.6 Å². The van der Waals surface area contributed by atoms with E-state index in [1.165, 1.54) is 37.8 Å². The van der Waals surface area contributed by atoms with Gasteiger partial charge < -0.3 is 10.0 Å². The number of rotatable bonds is 3. The highest BCUT2D eigenvalue weighted by Crippen LogP contribution is 2.44. The zero-order valence-corrected chi connectivity index (χ0v) is 11.7. The van der Waals surface area contributed by atoms with Crippen LogP contribution in [0.2, 0.25) is 0 Å². The van der Waals surface area contributed by atoms with Crippen molar-refractivity contribution in [2.45, 2.75) is 44.6 Å². The molecule has 1 aromatic rings. The number of aliphatic hydroxyl groups is 1. The highest BCUT2D eigenvalue weighted by molar-refractivity contribution is 5.15. The maximum absolute atomic E-state index is 10.3. The van der Waals surface area contributed by atoms with Crippen LogP contribution >= 0.6 is 0 Å². The average molecular weight is 259 g/mol. The third kappa shape index (κ3) is 2.85. The normalized spacial score (nSPS) is 31.9. The molecular weight excluding hydrogens is 234 g/mol. The summed E-state index contributed by atoms with van der Waals surface area (Å²) in [7, 11) is 0. The van der Waals surface area contributed by atoms with Crippen molar-refractivity contribution in [1.29, 1.82) is 0 Å². The maximum atomic E-state index is 10.3. The zero-order chi connectivity index (χ0) is 13.1. The van der Waals surface area contributed by atoms with Crippen molar-refractivity contribution in [2.24, 2.45) is 5.41 Å². The van der Waals surface area contributed by atoms with Gasteiger partial charge in [0.25, 0.3) is 0 Å². The minimum Gasteiger partial charge on any atom is -0.393 e. The molecule has 2 fully saturated rings. The lowest BCUT2D eigenvalue weighted by atomic mass is 9.76. The molecule has 1 heterocycles. The Kier molecular flexibility index (Phi) is 3.90. The van der Waals surface area contributed by atoms with E-state index in [4.69, 9.17) is 0 Å². The van der Waals surface area contributed by atoms with Gasteiger partial charge in [0, 0.05) is 18.5 Å². The van der Waals surface area contributed by atoms with Crippen molar-refractivity contribution in [3.05, 3.63) is 35.9 Å². The first kappa shape index (κ1) is 13.1. The first-order valence-electron chi connectivity index (χ1n) is 7.73. The second-order valence-electron chi connectivity index (χ2n) is 6.39. The number of likely N-dealkylation sites (tertiary alicyclic amines) is 1. The Balaban J connectivity index is 1.57. The number of hydrogen-bond acceptors (Lipinski definition) is 2. The van der Waals surface area contributed by atoms with Gasteiger partial charge in [-0.25, -0.2) is 0 Å². The molecule has 0 amide bonds. The van der Waals surface area contributed by atoms with Gasteiger partial charge in [-0.2, -0.15) is 0 Å². The predicted molar refractivity (Wildman–Crippen MR) is 78.1 cm³/mol. The van der Waals surface area contributed by atoms with Crippen molar-refractivity contribution < 1.29 is 5.11 Å². The molecule has 2 nitrogen and oxygen atoms in total. The number of piperidine rings is 1. The summed E-state index contributed by atoms with van der Waals surface area (Å²) >= 11 is 0. The molecule has 1 aromatic carbocycles. The lowest BCUT2D eigenvalue weighted by molar-refractivity contribution is -0.00906. The summed E-state index contributed by atoms with van der Waals surface area (Å²) in [4.78, 5) is 2.57. The van der Waals surface area contributed by atoms with Crippen LogP contribution in [-0.4, -0.2) is 35.7 Å². The Morgan fingerprint density at radius 3 is 2.68 bits per heavy atom. The number of aliphatic hydroxyl groups excluding tert-OH is 1. The topological polar surface area (TPSA) is 23.5 Å². The largest absolute Gasteiger partial charge is 0.393 e. The molecule has 0 aromatic heterocycles.